The van der Waals surface area contributed by atoms with Crippen LogP contribution in [0.2, 0.25) is 5.02 Å². The van der Waals surface area contributed by atoms with Crippen molar-refractivity contribution in [2.24, 2.45) is 0 Å². The normalized spacial score (nSPS) is 19.3. The van der Waals surface area contributed by atoms with E-state index in [-0.39, 0.29) is 63.3 Å². The van der Waals surface area contributed by atoms with Crippen LogP contribution in [0.25, 0.3) is 22.5 Å². The maximum atomic E-state index is 12.4. The lowest BCUT2D eigenvalue weighted by atomic mass is 9.77. The maximum Gasteiger partial charge on any atom is 0.494 e. The molecule has 0 atom stereocenters. The Morgan fingerprint density at radius 1 is 0.864 bits per heavy atom. The zero-order valence-electron chi connectivity index (χ0n) is 37.0. The standard InChI is InChI=1S/C23H21N5O3S.C16H20BNO3.C9H6ClNO2/c24-21-20(14-3-8-17-18(11-14)23(9-10-23)27-22(17)29)26-19(12-25-21)13-1-6-16(7-2-13)32(30,31)28-15-4-5-15;1-14(2)15(3,4)21-17(20-14)10-5-6-11-12(9-10)16(7-8-16)18-13(11)19;1-13-9(12)8-3-2-7(10)4-6(8)5-11/h1-3,6-8,11-12,15,28H,4-5,9-10H2,(H2,24,25)(H,27,29);5-6,9H,7-8H2,1-4H3,(H,18,19);2-4H,1H3. The quantitative estimate of drug-likeness (QED) is 0.105. The van der Waals surface area contributed by atoms with Crippen molar-refractivity contribution in [2.45, 2.75) is 99.4 Å². The summed E-state index contributed by atoms with van der Waals surface area (Å²) in [7, 11) is -2.62. The Labute approximate surface area is 388 Å². The van der Waals surface area contributed by atoms with Gasteiger partial charge in [-0.3, -0.25) is 9.59 Å². The number of benzene rings is 4. The molecule has 66 heavy (non-hydrogen) atoms. The highest BCUT2D eigenvalue weighted by atomic mass is 35.5. The van der Waals surface area contributed by atoms with Gasteiger partial charge in [-0.1, -0.05) is 41.9 Å². The minimum atomic E-state index is -3.51. The van der Waals surface area contributed by atoms with Crippen LogP contribution >= 0.6 is 11.6 Å². The Morgan fingerprint density at radius 2 is 1.44 bits per heavy atom. The van der Waals surface area contributed by atoms with Crippen LogP contribution in [0.3, 0.4) is 0 Å². The van der Waals surface area contributed by atoms with Gasteiger partial charge in [0.1, 0.15) is 17.6 Å². The van der Waals surface area contributed by atoms with Gasteiger partial charge >= 0.3 is 13.1 Å². The summed E-state index contributed by atoms with van der Waals surface area (Å²) in [5.74, 6) is -0.233. The van der Waals surface area contributed by atoms with Crippen LogP contribution in [0.15, 0.2) is 90.0 Å². The number of nitrogens with two attached hydrogens (primary N) is 1. The molecule has 4 aromatic carbocycles. The summed E-state index contributed by atoms with van der Waals surface area (Å²) in [5, 5.41) is 15.3. The van der Waals surface area contributed by atoms with E-state index in [1.54, 1.807) is 30.5 Å². The number of aromatic nitrogens is 2. The lowest BCUT2D eigenvalue weighted by Crippen LogP contribution is -2.41. The third kappa shape index (κ3) is 8.44. The highest BCUT2D eigenvalue weighted by Gasteiger charge is 2.55. The van der Waals surface area contributed by atoms with E-state index < -0.39 is 16.0 Å². The van der Waals surface area contributed by atoms with Crippen molar-refractivity contribution in [1.82, 2.24) is 25.3 Å². The molecule has 5 N–H and O–H groups in total. The Hall–Kier alpha value is -6.16. The summed E-state index contributed by atoms with van der Waals surface area (Å²) in [4.78, 5) is 44.6. The average Bonchev–Trinajstić information content (AvgIpc) is 4.24. The van der Waals surface area contributed by atoms with Crippen LogP contribution < -0.4 is 26.6 Å². The van der Waals surface area contributed by atoms with E-state index in [4.69, 9.17) is 36.9 Å². The highest BCUT2D eigenvalue weighted by Crippen LogP contribution is 2.52. The molecule has 15 nitrogen and oxygen atoms in total. The summed E-state index contributed by atoms with van der Waals surface area (Å²) in [6, 6.07) is 24.5. The number of amides is 2. The van der Waals surface area contributed by atoms with E-state index in [1.807, 2.05) is 64.1 Å². The summed E-state index contributed by atoms with van der Waals surface area (Å²) in [6.07, 6.45) is 7.26. The molecule has 6 aliphatic rings. The molecule has 5 aromatic rings. The van der Waals surface area contributed by atoms with Gasteiger partial charge in [0.2, 0.25) is 10.0 Å². The molecule has 4 heterocycles. The number of esters is 1. The Kier molecular flexibility index (Phi) is 11.1. The fourth-order valence-corrected chi connectivity index (χ4v) is 9.73. The number of hydrogen-bond donors (Lipinski definition) is 4. The highest BCUT2D eigenvalue weighted by molar-refractivity contribution is 7.89. The van der Waals surface area contributed by atoms with Crippen molar-refractivity contribution in [1.29, 1.82) is 5.26 Å². The third-order valence-corrected chi connectivity index (χ3v) is 15.0. The number of methoxy groups -OCH3 is 1. The number of ether oxygens (including phenoxy) is 1. The number of nitrogen functional groups attached to an aromatic ring is 1. The van der Waals surface area contributed by atoms with E-state index in [0.29, 0.717) is 27.8 Å². The number of nitrogens with zero attached hydrogens (tertiary/aromatic N) is 3. The molecule has 0 bridgehead atoms. The first-order valence-electron chi connectivity index (χ1n) is 21.6. The van der Waals surface area contributed by atoms with Gasteiger partial charge in [0.05, 0.1) is 57.3 Å². The number of nitriles is 1. The lowest BCUT2D eigenvalue weighted by Gasteiger charge is -2.32. The van der Waals surface area contributed by atoms with Crippen LogP contribution in [0.1, 0.15) is 114 Å². The number of hydrogen-bond acceptors (Lipinski definition) is 12. The van der Waals surface area contributed by atoms with Gasteiger partial charge in [0.15, 0.2) is 0 Å². The molecule has 11 rings (SSSR count). The van der Waals surface area contributed by atoms with Gasteiger partial charge in [0, 0.05) is 33.3 Å². The van der Waals surface area contributed by atoms with E-state index in [1.165, 1.54) is 25.3 Å². The van der Waals surface area contributed by atoms with Gasteiger partial charge in [-0.25, -0.2) is 27.9 Å². The number of fused-ring (bicyclic) bond motifs is 4. The second kappa shape index (κ2) is 16.3. The molecular formula is C48H47BClN7O8S. The van der Waals surface area contributed by atoms with Crippen LogP contribution in [-0.2, 0) is 35.1 Å². The minimum absolute atomic E-state index is 0.0388. The van der Waals surface area contributed by atoms with Gasteiger partial charge < -0.3 is 30.4 Å². The number of sulfonamides is 1. The van der Waals surface area contributed by atoms with E-state index in [2.05, 4.69) is 31.1 Å². The van der Waals surface area contributed by atoms with Crippen molar-refractivity contribution in [3.05, 3.63) is 123 Å². The monoisotopic (exact) mass is 927 g/mol. The summed E-state index contributed by atoms with van der Waals surface area (Å²) >= 11 is 5.64. The van der Waals surface area contributed by atoms with Crippen LogP contribution in [0.4, 0.5) is 5.82 Å². The average molecular weight is 928 g/mol. The van der Waals surface area contributed by atoms with Gasteiger partial charge in [-0.05, 0) is 131 Å². The fraction of sp³-hybridized carbons (Fsp3) is 0.333. The number of anilines is 1. The van der Waals surface area contributed by atoms with Crippen molar-refractivity contribution in [3.63, 3.8) is 0 Å². The number of rotatable bonds is 7. The number of nitrogens with one attached hydrogen (secondary N) is 3. The SMILES string of the molecule is CC1(C)OB(c2ccc3c(c2)C2(CC2)NC3=O)OC1(C)C.COC(=O)c1ccc(Cl)cc1C#N.Nc1ncc(-c2ccc(S(=O)(=O)NC3CC3)cc2)nc1-c1ccc2c(c1)C1(CC1)NC2=O. The molecule has 3 aliphatic heterocycles. The largest absolute Gasteiger partial charge is 0.494 e. The molecule has 1 aromatic heterocycles. The lowest BCUT2D eigenvalue weighted by molar-refractivity contribution is 0.00578. The van der Waals surface area contributed by atoms with Crippen molar-refractivity contribution in [3.8, 4) is 28.6 Å². The number of halogens is 1. The van der Waals surface area contributed by atoms with Gasteiger partial charge in [-0.2, -0.15) is 5.26 Å². The molecule has 0 unspecified atom stereocenters. The van der Waals surface area contributed by atoms with Crippen molar-refractivity contribution >= 4 is 57.8 Å². The second-order valence-electron chi connectivity index (χ2n) is 18.4. The Balaban J connectivity index is 0.000000138. The summed E-state index contributed by atoms with van der Waals surface area (Å²) in [5.41, 5.74) is 12.8. The van der Waals surface area contributed by atoms with Crippen LogP contribution in [0, 0.1) is 11.3 Å². The van der Waals surface area contributed by atoms with Crippen molar-refractivity contribution in [2.75, 3.05) is 12.8 Å². The zero-order valence-corrected chi connectivity index (χ0v) is 38.5. The topological polar surface area (TPSA) is 225 Å². The van der Waals surface area contributed by atoms with E-state index >= 15 is 0 Å². The smallest absolute Gasteiger partial charge is 0.465 e. The predicted molar refractivity (Wildman–Crippen MR) is 247 cm³/mol. The molecule has 3 saturated carbocycles. The molecule has 3 aliphatic carbocycles. The van der Waals surface area contributed by atoms with Gasteiger partial charge in [0.25, 0.3) is 11.8 Å². The van der Waals surface area contributed by atoms with Crippen LogP contribution in [0.5, 0.6) is 0 Å². The first-order valence-corrected chi connectivity index (χ1v) is 23.5. The molecule has 1 saturated heterocycles. The van der Waals surface area contributed by atoms with Crippen molar-refractivity contribution < 1.29 is 36.8 Å². The Morgan fingerprint density at radius 3 is 2.00 bits per heavy atom. The molecule has 2 spiro atoms. The first-order chi connectivity index (χ1) is 31.3. The first kappa shape index (κ1) is 45.0. The van der Waals surface area contributed by atoms with Crippen LogP contribution in [-0.4, -0.2) is 67.6 Å². The summed E-state index contributed by atoms with van der Waals surface area (Å²) < 4.78 is 44.2. The number of carbonyl (C=O) groups excluding carboxylic acids is 3. The molecule has 0 radical (unpaired) electrons. The molecule has 338 valence electrons. The molecule has 2 amide bonds. The molecular weight excluding hydrogens is 881 g/mol. The van der Waals surface area contributed by atoms with E-state index in [0.717, 1.165) is 71.8 Å². The summed E-state index contributed by atoms with van der Waals surface area (Å²) in [6.45, 7) is 8.20. The van der Waals surface area contributed by atoms with E-state index in [9.17, 15) is 22.8 Å². The van der Waals surface area contributed by atoms with Gasteiger partial charge in [-0.15, -0.1) is 0 Å². The predicted octanol–water partition coefficient (Wildman–Crippen LogP) is 6.28. The second-order valence-corrected chi connectivity index (χ2v) is 20.6. The molecule has 18 heteroatoms. The third-order valence-electron chi connectivity index (χ3n) is 13.3. The minimum Gasteiger partial charge on any atom is -0.465 e. The fourth-order valence-electron chi connectivity index (χ4n) is 8.25. The molecule has 4 fully saturated rings. The number of carbonyl (C=O) groups is 3. The maximum absolute atomic E-state index is 12.4. The zero-order chi connectivity index (χ0) is 47.0. The Bertz CT molecular complexity index is 2980.